The fraction of sp³-hybridized carbons (Fsp3) is 0.521. The largest absolute Gasteiger partial charge is 0.439 e. The van der Waals surface area contributed by atoms with Gasteiger partial charge >= 0.3 is 12.1 Å². The minimum absolute atomic E-state index is 0.0128. The van der Waals surface area contributed by atoms with Gasteiger partial charge in [-0.1, -0.05) is 11.2 Å². The number of piperidine rings is 3. The van der Waals surface area contributed by atoms with Crippen LogP contribution in [0, 0.1) is 5.82 Å². The number of aryl methyl sites for hydroxylation is 1. The van der Waals surface area contributed by atoms with Crippen LogP contribution in [-0.2, 0) is 21.4 Å². The number of carbonyl (C=O) groups excluding carboxylic acids is 4. The molecule has 5 fully saturated rings. The van der Waals surface area contributed by atoms with Crippen molar-refractivity contribution in [3.05, 3.63) is 53.6 Å². The second-order valence-corrected chi connectivity index (χ2v) is 19.5. The van der Waals surface area contributed by atoms with Gasteiger partial charge in [0.15, 0.2) is 35.5 Å². The lowest BCUT2D eigenvalue weighted by Crippen LogP contribution is -2.49. The van der Waals surface area contributed by atoms with Crippen LogP contribution >= 0.6 is 0 Å². The fourth-order valence-electron chi connectivity index (χ4n) is 10.9. The molecule has 0 radical (unpaired) electrons. The molecule has 0 unspecified atom stereocenters. The lowest BCUT2D eigenvalue weighted by molar-refractivity contribution is -0.136. The minimum atomic E-state index is -0.556. The van der Waals surface area contributed by atoms with Crippen molar-refractivity contribution in [3.63, 3.8) is 0 Å². The van der Waals surface area contributed by atoms with Crippen molar-refractivity contribution >= 4 is 57.5 Å². The third-order valence-electron chi connectivity index (χ3n) is 14.9. The maximum absolute atomic E-state index is 16.2. The average Bonchev–Trinajstić information content (AvgIpc) is 3.85. The molecule has 22 heteroatoms. The van der Waals surface area contributed by atoms with Crippen LogP contribution in [0.5, 0.6) is 0 Å². The molecule has 366 valence electrons. The van der Waals surface area contributed by atoms with E-state index in [-0.39, 0.29) is 61.0 Å². The first-order valence-corrected chi connectivity index (χ1v) is 24.4. The number of benzene rings is 1. The smallest absolute Gasteiger partial charge is 0.410 e. The van der Waals surface area contributed by atoms with Gasteiger partial charge in [-0.3, -0.25) is 24.5 Å². The number of fused-ring (bicyclic) bond motifs is 2. The molecule has 1 aromatic carbocycles. The van der Waals surface area contributed by atoms with Crippen molar-refractivity contribution in [2.45, 2.75) is 101 Å². The summed E-state index contributed by atoms with van der Waals surface area (Å²) in [5, 5.41) is 17.3. The molecule has 1 saturated carbocycles. The van der Waals surface area contributed by atoms with Crippen LogP contribution in [0.25, 0.3) is 44.7 Å². The zero-order valence-corrected chi connectivity index (χ0v) is 39.5. The Morgan fingerprint density at radius 3 is 2.27 bits per heavy atom. The summed E-state index contributed by atoms with van der Waals surface area (Å²) in [4.78, 5) is 76.3. The summed E-state index contributed by atoms with van der Waals surface area (Å²) in [5.41, 5.74) is 10.7. The number of carbonyl (C=O) groups is 4. The highest BCUT2D eigenvalue weighted by Crippen LogP contribution is 2.48. The molecule has 3 N–H and O–H groups in total. The summed E-state index contributed by atoms with van der Waals surface area (Å²) >= 11 is 0. The molecule has 21 nitrogen and oxygen atoms in total. The lowest BCUT2D eigenvalue weighted by Gasteiger charge is -2.42. The molecule has 1 aliphatic carbocycles. The maximum atomic E-state index is 16.2. The Kier molecular flexibility index (Phi) is 11.9. The van der Waals surface area contributed by atoms with Crippen molar-refractivity contribution < 1.29 is 32.8 Å². The zero-order chi connectivity index (χ0) is 48.4. The standard InChI is InChI=1S/C48H56FN15O6/c1-26(2)64-46-37(43(50)53-25-54-46)39(56-64)40-36(42(70-58-40)29-4-5-29)44-51-22-30(23-52-44)27-8-17-62(18-9-27)48(68)69-24-35(66)61-19-12-31(13-20-61)60-15-10-28(11-16-60)32-6-7-33-41(38(32)49)59(3)57-45(33)63-21-14-34(65)55-47(63)67/h6-7,22-23,25-29,31H,4-5,8-21,24H2,1-3H3,(H2,50,53,54)(H,55,65,67). The number of hydrogen-bond donors (Lipinski definition) is 2. The Morgan fingerprint density at radius 2 is 1.57 bits per heavy atom. The van der Waals surface area contributed by atoms with E-state index >= 15 is 4.39 Å². The van der Waals surface area contributed by atoms with Crippen molar-refractivity contribution in [1.82, 2.24) is 64.7 Å². The first-order chi connectivity index (χ1) is 33.9. The Morgan fingerprint density at radius 1 is 0.857 bits per heavy atom. The Balaban J connectivity index is 0.644. The number of hydrogen-bond acceptors (Lipinski definition) is 15. The quantitative estimate of drug-likeness (QED) is 0.169. The Bertz CT molecular complexity index is 3000. The molecule has 5 amide bonds. The first-order valence-electron chi connectivity index (χ1n) is 24.4. The summed E-state index contributed by atoms with van der Waals surface area (Å²) in [6.07, 6.45) is 11.3. The normalized spacial score (nSPS) is 19.2. The minimum Gasteiger partial charge on any atom is -0.439 e. The molecule has 6 aromatic rings. The van der Waals surface area contributed by atoms with E-state index in [9.17, 15) is 19.2 Å². The SMILES string of the molecule is CC(C)n1nc(-c2noc(C3CC3)c2-c2ncc(C3CCN(C(=O)OCC(=O)N4CCC(N5CCC(c6ccc7c(N8CCC(=O)NC8=O)nn(C)c7c6F)CC5)CC4)CC3)cn2)c2c(N)ncnc21. The van der Waals surface area contributed by atoms with Crippen LogP contribution in [0.1, 0.15) is 112 Å². The number of halogens is 1. The molecule has 0 atom stereocenters. The highest BCUT2D eigenvalue weighted by Gasteiger charge is 2.38. The average molecular weight is 958 g/mol. The number of likely N-dealkylation sites (tertiary alicyclic amines) is 3. The fourth-order valence-corrected chi connectivity index (χ4v) is 10.9. The van der Waals surface area contributed by atoms with E-state index < -0.39 is 12.1 Å². The molecular formula is C48H56FN15O6. The number of ether oxygens (including phenoxy) is 1. The topological polar surface area (TPSA) is 242 Å². The molecule has 4 aliphatic heterocycles. The molecule has 0 spiro atoms. The van der Waals surface area contributed by atoms with Crippen LogP contribution < -0.4 is 16.0 Å². The Hall–Kier alpha value is -7.10. The van der Waals surface area contributed by atoms with Gasteiger partial charge in [0.25, 0.3) is 5.91 Å². The van der Waals surface area contributed by atoms with E-state index in [2.05, 4.69) is 30.4 Å². The number of amides is 5. The van der Waals surface area contributed by atoms with Gasteiger partial charge in [-0.2, -0.15) is 10.2 Å². The number of nitrogens with two attached hydrogens (primary N) is 1. The monoisotopic (exact) mass is 957 g/mol. The van der Waals surface area contributed by atoms with Gasteiger partial charge in [-0.15, -0.1) is 0 Å². The van der Waals surface area contributed by atoms with Crippen LogP contribution in [0.2, 0.25) is 0 Å². The predicted molar refractivity (Wildman–Crippen MR) is 253 cm³/mol. The summed E-state index contributed by atoms with van der Waals surface area (Å²) in [7, 11) is 1.67. The van der Waals surface area contributed by atoms with Gasteiger partial charge in [-0.05, 0) is 107 Å². The van der Waals surface area contributed by atoms with Gasteiger partial charge in [0.05, 0.1) is 10.9 Å². The van der Waals surface area contributed by atoms with Crippen molar-refractivity contribution in [2.75, 3.05) is 63.1 Å². The summed E-state index contributed by atoms with van der Waals surface area (Å²) < 4.78 is 31.0. The molecule has 4 saturated heterocycles. The summed E-state index contributed by atoms with van der Waals surface area (Å²) in [5.74, 6) is 1.38. The number of rotatable bonds is 10. The van der Waals surface area contributed by atoms with Crippen LogP contribution in [0.15, 0.2) is 35.4 Å². The second kappa shape index (κ2) is 18.3. The number of aromatic nitrogens is 9. The number of nitrogens with zero attached hydrogens (tertiary/aromatic N) is 13. The summed E-state index contributed by atoms with van der Waals surface area (Å²) in [6, 6.07) is 3.41. The predicted octanol–water partition coefficient (Wildman–Crippen LogP) is 5.64. The molecule has 70 heavy (non-hydrogen) atoms. The van der Waals surface area contributed by atoms with E-state index in [0.29, 0.717) is 107 Å². The van der Waals surface area contributed by atoms with Gasteiger partial charge in [0.1, 0.15) is 29.0 Å². The number of nitrogen functional groups attached to an aromatic ring is 1. The number of anilines is 2. The zero-order valence-electron chi connectivity index (χ0n) is 39.5. The second-order valence-electron chi connectivity index (χ2n) is 19.5. The van der Waals surface area contributed by atoms with E-state index in [4.69, 9.17) is 30.1 Å². The van der Waals surface area contributed by atoms with E-state index in [1.54, 1.807) is 21.5 Å². The molecule has 9 heterocycles. The van der Waals surface area contributed by atoms with Gasteiger partial charge < -0.3 is 29.7 Å². The van der Waals surface area contributed by atoms with E-state index in [1.165, 1.54) is 15.9 Å². The molecule has 5 aliphatic rings. The maximum Gasteiger partial charge on any atom is 0.410 e. The van der Waals surface area contributed by atoms with Crippen molar-refractivity contribution in [2.24, 2.45) is 7.05 Å². The number of urea groups is 1. The molecule has 5 aromatic heterocycles. The van der Waals surface area contributed by atoms with Crippen molar-refractivity contribution in [1.29, 1.82) is 0 Å². The third kappa shape index (κ3) is 8.34. The van der Waals surface area contributed by atoms with Gasteiger partial charge in [-0.25, -0.2) is 38.6 Å². The molecule has 11 rings (SSSR count). The van der Waals surface area contributed by atoms with E-state index in [0.717, 1.165) is 62.9 Å². The van der Waals surface area contributed by atoms with Crippen molar-refractivity contribution in [3.8, 4) is 22.8 Å². The third-order valence-corrected chi connectivity index (χ3v) is 14.9. The van der Waals surface area contributed by atoms with Crippen LogP contribution in [-0.4, -0.2) is 142 Å². The highest BCUT2D eigenvalue weighted by molar-refractivity contribution is 6.09. The molecule has 0 bridgehead atoms. The van der Waals surface area contributed by atoms with Gasteiger partial charge in [0, 0.05) is 82.0 Å². The number of nitrogens with one attached hydrogen (secondary N) is 1. The van der Waals surface area contributed by atoms with E-state index in [1.807, 2.05) is 38.4 Å². The number of imide groups is 1. The molecular weight excluding hydrogens is 902 g/mol. The summed E-state index contributed by atoms with van der Waals surface area (Å²) in [6.45, 7) is 7.66. The van der Waals surface area contributed by atoms with Crippen LogP contribution in [0.4, 0.5) is 25.6 Å². The lowest BCUT2D eigenvalue weighted by atomic mass is 9.87. The highest BCUT2D eigenvalue weighted by atomic mass is 19.1. The Labute approximate surface area is 401 Å². The van der Waals surface area contributed by atoms with Crippen LogP contribution in [0.3, 0.4) is 0 Å². The van der Waals surface area contributed by atoms with Gasteiger partial charge in [0.2, 0.25) is 5.91 Å². The first kappa shape index (κ1) is 45.3.